The molecule has 2 rings (SSSR count). The third-order valence-electron chi connectivity index (χ3n) is 4.35. The number of rotatable bonds is 4. The van der Waals surface area contributed by atoms with Gasteiger partial charge in [-0.25, -0.2) is 0 Å². The molecule has 1 fully saturated rings. The third kappa shape index (κ3) is 2.65. The topological polar surface area (TPSA) is 34.9 Å². The van der Waals surface area contributed by atoms with Gasteiger partial charge in [-0.3, -0.25) is 9.48 Å². The Kier molecular flexibility index (Phi) is 4.20. The van der Waals surface area contributed by atoms with E-state index in [1.54, 1.807) is 6.20 Å². The summed E-state index contributed by atoms with van der Waals surface area (Å²) in [6, 6.07) is 1.86. The van der Waals surface area contributed by atoms with Crippen molar-refractivity contribution in [2.45, 2.75) is 53.0 Å². The summed E-state index contributed by atoms with van der Waals surface area (Å²) in [6.45, 7) is 7.38. The first-order chi connectivity index (χ1) is 8.63. The van der Waals surface area contributed by atoms with Gasteiger partial charge in [0.1, 0.15) is 5.69 Å². The van der Waals surface area contributed by atoms with Crippen molar-refractivity contribution < 1.29 is 4.79 Å². The first-order valence-electron chi connectivity index (χ1n) is 7.19. The molecule has 1 heterocycles. The van der Waals surface area contributed by atoms with E-state index in [4.69, 9.17) is 0 Å². The van der Waals surface area contributed by atoms with Crippen molar-refractivity contribution in [2.75, 3.05) is 0 Å². The number of ketones is 1. The molecule has 0 bridgehead atoms. The van der Waals surface area contributed by atoms with Crippen LogP contribution in [0.4, 0.5) is 0 Å². The van der Waals surface area contributed by atoms with Gasteiger partial charge < -0.3 is 0 Å². The molecule has 0 atom stereocenters. The normalized spacial score (nSPS) is 24.4. The van der Waals surface area contributed by atoms with Gasteiger partial charge >= 0.3 is 0 Å². The molecule has 1 aliphatic rings. The minimum atomic E-state index is 0.224. The van der Waals surface area contributed by atoms with Gasteiger partial charge in [-0.2, -0.15) is 5.10 Å². The zero-order valence-corrected chi connectivity index (χ0v) is 11.7. The van der Waals surface area contributed by atoms with Gasteiger partial charge in [0.15, 0.2) is 5.78 Å². The summed E-state index contributed by atoms with van der Waals surface area (Å²) in [5.41, 5.74) is 0.797. The molecule has 1 aromatic heterocycles. The third-order valence-corrected chi connectivity index (χ3v) is 4.35. The molecule has 0 spiro atoms. The van der Waals surface area contributed by atoms with E-state index in [1.807, 2.05) is 17.7 Å². The zero-order chi connectivity index (χ0) is 13.1. The van der Waals surface area contributed by atoms with E-state index < -0.39 is 0 Å². The second-order valence-electron chi connectivity index (χ2n) is 5.75. The molecule has 0 aromatic carbocycles. The van der Waals surface area contributed by atoms with Crippen LogP contribution in [-0.2, 0) is 6.54 Å². The number of Topliss-reactive ketones (excluding diaryl/α,β-unsaturated/α-hetero) is 1. The minimum Gasteiger partial charge on any atom is -0.292 e. The number of hydrogen-bond donors (Lipinski definition) is 0. The van der Waals surface area contributed by atoms with Crippen molar-refractivity contribution in [2.24, 2.45) is 17.8 Å². The maximum absolute atomic E-state index is 12.5. The molecule has 0 N–H and O–H groups in total. The highest BCUT2D eigenvalue weighted by atomic mass is 16.1. The van der Waals surface area contributed by atoms with Gasteiger partial charge in [-0.1, -0.05) is 13.8 Å². The highest BCUT2D eigenvalue weighted by Crippen LogP contribution is 2.34. The SMILES string of the molecule is CCn1nccc1C(=O)C1CCC(C(C)C)CC1. The van der Waals surface area contributed by atoms with Crippen LogP contribution in [0, 0.1) is 17.8 Å². The summed E-state index contributed by atoms with van der Waals surface area (Å²) >= 11 is 0. The van der Waals surface area contributed by atoms with Crippen molar-refractivity contribution in [1.29, 1.82) is 0 Å². The molecule has 0 unspecified atom stereocenters. The van der Waals surface area contributed by atoms with Crippen LogP contribution >= 0.6 is 0 Å². The monoisotopic (exact) mass is 248 g/mol. The van der Waals surface area contributed by atoms with Gasteiger partial charge in [-0.15, -0.1) is 0 Å². The highest BCUT2D eigenvalue weighted by Gasteiger charge is 2.29. The number of aromatic nitrogens is 2. The van der Waals surface area contributed by atoms with Crippen LogP contribution in [0.2, 0.25) is 0 Å². The Morgan fingerprint density at radius 1 is 1.39 bits per heavy atom. The van der Waals surface area contributed by atoms with Crippen LogP contribution in [0.25, 0.3) is 0 Å². The lowest BCUT2D eigenvalue weighted by molar-refractivity contribution is 0.0848. The molecule has 0 saturated heterocycles. The number of carbonyl (C=O) groups excluding carboxylic acids is 1. The summed E-state index contributed by atoms with van der Waals surface area (Å²) in [6.07, 6.45) is 6.24. The Balaban J connectivity index is 2.00. The summed E-state index contributed by atoms with van der Waals surface area (Å²) in [7, 11) is 0. The molecule has 1 saturated carbocycles. The van der Waals surface area contributed by atoms with Crippen LogP contribution in [0.5, 0.6) is 0 Å². The molecule has 0 radical (unpaired) electrons. The molecular weight excluding hydrogens is 224 g/mol. The standard InChI is InChI=1S/C15H24N2O/c1-4-17-14(9-10-16-17)15(18)13-7-5-12(6-8-13)11(2)3/h9-13H,4-8H2,1-3H3. The van der Waals surface area contributed by atoms with Crippen LogP contribution in [0.15, 0.2) is 12.3 Å². The fraction of sp³-hybridized carbons (Fsp3) is 0.733. The van der Waals surface area contributed by atoms with Crippen LogP contribution in [0.1, 0.15) is 56.9 Å². The molecule has 1 aliphatic carbocycles. The second kappa shape index (κ2) is 5.68. The summed E-state index contributed by atoms with van der Waals surface area (Å²) in [4.78, 5) is 12.5. The molecule has 100 valence electrons. The van der Waals surface area contributed by atoms with E-state index in [1.165, 1.54) is 12.8 Å². The molecule has 1 aromatic rings. The maximum atomic E-state index is 12.5. The summed E-state index contributed by atoms with van der Waals surface area (Å²) in [5, 5.41) is 4.19. The van der Waals surface area contributed by atoms with Gasteiger partial charge in [0.05, 0.1) is 0 Å². The van der Waals surface area contributed by atoms with E-state index in [9.17, 15) is 4.79 Å². The van der Waals surface area contributed by atoms with Crippen molar-refractivity contribution in [3.63, 3.8) is 0 Å². The zero-order valence-electron chi connectivity index (χ0n) is 11.7. The molecule has 0 aliphatic heterocycles. The van der Waals surface area contributed by atoms with E-state index in [0.29, 0.717) is 5.78 Å². The Morgan fingerprint density at radius 3 is 2.61 bits per heavy atom. The highest BCUT2D eigenvalue weighted by molar-refractivity contribution is 5.96. The van der Waals surface area contributed by atoms with Gasteiger partial charge in [0.2, 0.25) is 0 Å². The van der Waals surface area contributed by atoms with Crippen LogP contribution < -0.4 is 0 Å². The van der Waals surface area contributed by atoms with Crippen LogP contribution in [0.3, 0.4) is 0 Å². The number of carbonyl (C=O) groups is 1. The first-order valence-corrected chi connectivity index (χ1v) is 7.19. The Labute approximate surface area is 110 Å². The number of aryl methyl sites for hydroxylation is 1. The van der Waals surface area contributed by atoms with Crippen LogP contribution in [-0.4, -0.2) is 15.6 Å². The Bertz CT molecular complexity index is 400. The molecule has 0 amide bonds. The largest absolute Gasteiger partial charge is 0.292 e. The smallest absolute Gasteiger partial charge is 0.183 e. The minimum absolute atomic E-state index is 0.224. The Hall–Kier alpha value is -1.12. The lowest BCUT2D eigenvalue weighted by Gasteiger charge is -2.30. The number of nitrogens with zero attached hydrogens (tertiary/aromatic N) is 2. The molecule has 18 heavy (non-hydrogen) atoms. The predicted molar refractivity (Wildman–Crippen MR) is 72.5 cm³/mol. The van der Waals surface area contributed by atoms with Gasteiger partial charge in [0.25, 0.3) is 0 Å². The van der Waals surface area contributed by atoms with Crippen molar-refractivity contribution in [3.05, 3.63) is 18.0 Å². The van der Waals surface area contributed by atoms with Gasteiger partial charge in [0, 0.05) is 18.7 Å². The first kappa shape index (κ1) is 13.3. The predicted octanol–water partition coefficient (Wildman–Crippen LogP) is 3.55. The van der Waals surface area contributed by atoms with Gasteiger partial charge in [-0.05, 0) is 50.5 Å². The van der Waals surface area contributed by atoms with E-state index in [2.05, 4.69) is 18.9 Å². The molecular formula is C15H24N2O. The van der Waals surface area contributed by atoms with E-state index >= 15 is 0 Å². The van der Waals surface area contributed by atoms with E-state index in [0.717, 1.165) is 36.9 Å². The molecule has 3 heteroatoms. The maximum Gasteiger partial charge on any atom is 0.183 e. The van der Waals surface area contributed by atoms with Crippen molar-refractivity contribution in [1.82, 2.24) is 9.78 Å². The molecule has 3 nitrogen and oxygen atoms in total. The second-order valence-corrected chi connectivity index (χ2v) is 5.75. The summed E-state index contributed by atoms with van der Waals surface area (Å²) in [5.74, 6) is 2.09. The average Bonchev–Trinajstić information content (AvgIpc) is 2.86. The lowest BCUT2D eigenvalue weighted by Crippen LogP contribution is -2.25. The van der Waals surface area contributed by atoms with Crippen molar-refractivity contribution in [3.8, 4) is 0 Å². The van der Waals surface area contributed by atoms with E-state index in [-0.39, 0.29) is 5.92 Å². The fourth-order valence-electron chi connectivity index (χ4n) is 3.05. The lowest BCUT2D eigenvalue weighted by atomic mass is 9.75. The quantitative estimate of drug-likeness (QED) is 0.764. The van der Waals surface area contributed by atoms with Crippen molar-refractivity contribution >= 4 is 5.78 Å². The summed E-state index contributed by atoms with van der Waals surface area (Å²) < 4.78 is 1.82. The number of hydrogen-bond acceptors (Lipinski definition) is 2. The fourth-order valence-corrected chi connectivity index (χ4v) is 3.05. The Morgan fingerprint density at radius 2 is 2.06 bits per heavy atom. The average molecular weight is 248 g/mol.